The molecule has 0 saturated carbocycles. The number of piperazine rings is 1. The Morgan fingerprint density at radius 3 is 2.36 bits per heavy atom. The Bertz CT molecular complexity index is 1020. The molecule has 0 spiro atoms. The summed E-state index contributed by atoms with van der Waals surface area (Å²) in [5.74, 6) is 0.953. The number of anilines is 1. The van der Waals surface area contributed by atoms with E-state index in [1.54, 1.807) is 0 Å². The lowest BCUT2D eigenvalue weighted by Gasteiger charge is -2.38. The van der Waals surface area contributed by atoms with E-state index in [1.165, 1.54) is 12.1 Å². The molecule has 1 aliphatic rings. The van der Waals surface area contributed by atoms with Crippen LogP contribution in [0.4, 0.5) is 18.9 Å². The third-order valence-corrected chi connectivity index (χ3v) is 6.58. The van der Waals surface area contributed by atoms with Crippen LogP contribution in [0.2, 0.25) is 0 Å². The second kappa shape index (κ2) is 12.0. The van der Waals surface area contributed by atoms with Crippen LogP contribution in [0, 0.1) is 11.8 Å². The van der Waals surface area contributed by atoms with Gasteiger partial charge in [-0.25, -0.2) is 0 Å². The zero-order chi connectivity index (χ0) is 26.5. The van der Waals surface area contributed by atoms with Crippen LogP contribution in [0.25, 0.3) is 0 Å². The molecule has 3 rings (SSSR count). The van der Waals surface area contributed by atoms with E-state index in [2.05, 4.69) is 4.90 Å². The standard InChI is InChI=1S/C28H38F3N3O2/c1-5-36-23-8-6-7-21(17-23)16-20(4)27(35)34-13-11-33(12-14-34)26-10-9-22(28(29,30)31)18-24(26)25(32)15-19(2)3/h6-10,17-20,25H,5,11-16,32H2,1-4H3/t20?,25-/m0/s1. The Morgan fingerprint density at radius 2 is 1.75 bits per heavy atom. The number of halogens is 3. The van der Waals surface area contributed by atoms with Gasteiger partial charge in [-0.05, 0) is 67.1 Å². The minimum absolute atomic E-state index is 0.0839. The summed E-state index contributed by atoms with van der Waals surface area (Å²) in [7, 11) is 0. The van der Waals surface area contributed by atoms with Crippen LogP contribution in [-0.2, 0) is 17.4 Å². The molecule has 1 fully saturated rings. The molecule has 2 aromatic rings. The first kappa shape index (κ1) is 27.8. The highest BCUT2D eigenvalue weighted by atomic mass is 19.4. The monoisotopic (exact) mass is 505 g/mol. The molecule has 0 aliphatic carbocycles. The first-order valence-corrected chi connectivity index (χ1v) is 12.7. The fourth-order valence-electron chi connectivity index (χ4n) is 4.80. The van der Waals surface area contributed by atoms with Gasteiger partial charge in [0.25, 0.3) is 0 Å². The summed E-state index contributed by atoms with van der Waals surface area (Å²) < 4.78 is 45.7. The van der Waals surface area contributed by atoms with Crippen LogP contribution >= 0.6 is 0 Å². The molecular formula is C28H38F3N3O2. The number of hydrogen-bond donors (Lipinski definition) is 1. The molecule has 1 aliphatic heterocycles. The lowest BCUT2D eigenvalue weighted by Crippen LogP contribution is -2.50. The second-order valence-corrected chi connectivity index (χ2v) is 10.0. The minimum Gasteiger partial charge on any atom is -0.494 e. The molecule has 2 N–H and O–H groups in total. The summed E-state index contributed by atoms with van der Waals surface area (Å²) in [4.78, 5) is 17.0. The Hall–Kier alpha value is -2.74. The largest absolute Gasteiger partial charge is 0.494 e. The third kappa shape index (κ3) is 7.15. The number of carbonyl (C=O) groups is 1. The molecule has 5 nitrogen and oxygen atoms in total. The van der Waals surface area contributed by atoms with Gasteiger partial charge in [0.1, 0.15) is 5.75 Å². The highest BCUT2D eigenvalue weighted by Gasteiger charge is 2.33. The predicted molar refractivity (Wildman–Crippen MR) is 137 cm³/mol. The van der Waals surface area contributed by atoms with Gasteiger partial charge in [-0.15, -0.1) is 0 Å². The van der Waals surface area contributed by atoms with Gasteiger partial charge in [-0.2, -0.15) is 13.2 Å². The summed E-state index contributed by atoms with van der Waals surface area (Å²) in [6, 6.07) is 11.2. The Kier molecular flexibility index (Phi) is 9.28. The van der Waals surface area contributed by atoms with Crippen molar-refractivity contribution < 1.29 is 22.7 Å². The lowest BCUT2D eigenvalue weighted by molar-refractivity contribution is -0.137. The molecule has 2 aromatic carbocycles. The van der Waals surface area contributed by atoms with Crippen molar-refractivity contribution in [3.8, 4) is 5.75 Å². The first-order valence-electron chi connectivity index (χ1n) is 12.7. The van der Waals surface area contributed by atoms with Crippen molar-refractivity contribution in [1.29, 1.82) is 0 Å². The van der Waals surface area contributed by atoms with Crippen LogP contribution in [0.3, 0.4) is 0 Å². The number of ether oxygens (including phenoxy) is 1. The molecule has 0 radical (unpaired) electrons. The molecule has 198 valence electrons. The van der Waals surface area contributed by atoms with Crippen molar-refractivity contribution in [2.75, 3.05) is 37.7 Å². The fourth-order valence-corrected chi connectivity index (χ4v) is 4.80. The van der Waals surface area contributed by atoms with Crippen LogP contribution < -0.4 is 15.4 Å². The summed E-state index contributed by atoms with van der Waals surface area (Å²) >= 11 is 0. The van der Waals surface area contributed by atoms with E-state index in [0.717, 1.165) is 23.1 Å². The second-order valence-electron chi connectivity index (χ2n) is 10.0. The maximum absolute atomic E-state index is 13.4. The maximum atomic E-state index is 13.4. The zero-order valence-electron chi connectivity index (χ0n) is 21.6. The SMILES string of the molecule is CCOc1cccc(CC(C)C(=O)N2CCN(c3ccc(C(F)(F)F)cc3[C@@H](N)CC(C)C)CC2)c1. The van der Waals surface area contributed by atoms with Gasteiger partial charge in [0.2, 0.25) is 5.91 Å². The maximum Gasteiger partial charge on any atom is 0.416 e. The molecule has 2 atom stereocenters. The van der Waals surface area contributed by atoms with Crippen LogP contribution in [-0.4, -0.2) is 43.6 Å². The Labute approximate surface area is 212 Å². The average molecular weight is 506 g/mol. The van der Waals surface area contributed by atoms with Crippen molar-refractivity contribution in [3.63, 3.8) is 0 Å². The fraction of sp³-hybridized carbons (Fsp3) is 0.536. The van der Waals surface area contributed by atoms with Gasteiger partial charge < -0.3 is 20.3 Å². The van der Waals surface area contributed by atoms with Gasteiger partial charge in [0.15, 0.2) is 0 Å². The van der Waals surface area contributed by atoms with E-state index >= 15 is 0 Å². The first-order chi connectivity index (χ1) is 17.0. The number of amides is 1. The van der Waals surface area contributed by atoms with Gasteiger partial charge >= 0.3 is 6.18 Å². The van der Waals surface area contributed by atoms with Crippen LogP contribution in [0.5, 0.6) is 5.75 Å². The zero-order valence-corrected chi connectivity index (χ0v) is 21.6. The number of alkyl halides is 3. The normalized spacial score (nSPS) is 16.2. The molecule has 36 heavy (non-hydrogen) atoms. The smallest absolute Gasteiger partial charge is 0.416 e. The van der Waals surface area contributed by atoms with E-state index in [0.29, 0.717) is 51.2 Å². The Morgan fingerprint density at radius 1 is 1.06 bits per heavy atom. The number of carbonyl (C=O) groups excluding carboxylic acids is 1. The lowest BCUT2D eigenvalue weighted by atomic mass is 9.94. The van der Waals surface area contributed by atoms with Crippen LogP contribution in [0.15, 0.2) is 42.5 Å². The van der Waals surface area contributed by atoms with Crippen molar-refractivity contribution >= 4 is 11.6 Å². The number of nitrogens with two attached hydrogens (primary N) is 1. The molecule has 0 bridgehead atoms. The topological polar surface area (TPSA) is 58.8 Å². The number of nitrogens with zero attached hydrogens (tertiary/aromatic N) is 2. The predicted octanol–water partition coefficient (Wildman–Crippen LogP) is 5.68. The number of rotatable bonds is 9. The highest BCUT2D eigenvalue weighted by molar-refractivity contribution is 5.79. The quantitative estimate of drug-likeness (QED) is 0.477. The summed E-state index contributed by atoms with van der Waals surface area (Å²) in [6.45, 7) is 10.6. The summed E-state index contributed by atoms with van der Waals surface area (Å²) in [5, 5.41) is 0. The van der Waals surface area contributed by atoms with Gasteiger partial charge in [-0.3, -0.25) is 4.79 Å². The number of benzene rings is 2. The van der Waals surface area contributed by atoms with Gasteiger partial charge in [0.05, 0.1) is 12.2 Å². The van der Waals surface area contributed by atoms with E-state index < -0.39 is 17.8 Å². The Balaban J connectivity index is 1.68. The van der Waals surface area contributed by atoms with Crippen molar-refractivity contribution in [3.05, 3.63) is 59.2 Å². The molecule has 0 aromatic heterocycles. The molecule has 1 heterocycles. The average Bonchev–Trinajstić information content (AvgIpc) is 2.83. The molecule has 8 heteroatoms. The van der Waals surface area contributed by atoms with Crippen molar-refractivity contribution in [1.82, 2.24) is 4.90 Å². The van der Waals surface area contributed by atoms with E-state index in [1.807, 2.05) is 56.9 Å². The van der Waals surface area contributed by atoms with Crippen LogP contribution in [0.1, 0.15) is 56.8 Å². The van der Waals surface area contributed by atoms with Crippen molar-refractivity contribution in [2.45, 2.75) is 52.8 Å². The molecule has 1 amide bonds. The number of hydrogen-bond acceptors (Lipinski definition) is 4. The highest BCUT2D eigenvalue weighted by Crippen LogP contribution is 2.36. The molecule has 1 unspecified atom stereocenters. The summed E-state index contributed by atoms with van der Waals surface area (Å²) in [5.41, 5.74) is 7.97. The van der Waals surface area contributed by atoms with Gasteiger partial charge in [-0.1, -0.05) is 32.9 Å². The minimum atomic E-state index is -4.42. The van der Waals surface area contributed by atoms with E-state index in [-0.39, 0.29) is 17.7 Å². The third-order valence-electron chi connectivity index (χ3n) is 6.58. The molecule has 1 saturated heterocycles. The van der Waals surface area contributed by atoms with E-state index in [9.17, 15) is 18.0 Å². The van der Waals surface area contributed by atoms with E-state index in [4.69, 9.17) is 10.5 Å². The summed E-state index contributed by atoms with van der Waals surface area (Å²) in [6.07, 6.45) is -3.21. The van der Waals surface area contributed by atoms with Crippen molar-refractivity contribution in [2.24, 2.45) is 17.6 Å². The molecular weight excluding hydrogens is 467 g/mol. The van der Waals surface area contributed by atoms with Gasteiger partial charge in [0, 0.05) is 43.8 Å².